The Bertz CT molecular complexity index is 716. The fourth-order valence-electron chi connectivity index (χ4n) is 2.45. The van der Waals surface area contributed by atoms with Gasteiger partial charge in [0.25, 0.3) is 0 Å². The number of anilines is 1. The number of hydrogen-bond donors (Lipinski definition) is 1. The first-order valence-corrected chi connectivity index (χ1v) is 8.33. The van der Waals surface area contributed by atoms with E-state index in [-0.39, 0.29) is 0 Å². The number of benzene rings is 2. The van der Waals surface area contributed by atoms with E-state index >= 15 is 0 Å². The van der Waals surface area contributed by atoms with Crippen LogP contribution in [0.4, 0.5) is 10.5 Å². The molecule has 2 rings (SSSR count). The number of carbonyl (C=O) groups excluding carboxylic acids is 1. The third kappa shape index (κ3) is 4.42. The van der Waals surface area contributed by atoms with Gasteiger partial charge < -0.3 is 9.47 Å². The van der Waals surface area contributed by atoms with E-state index in [9.17, 15) is 4.79 Å². The van der Waals surface area contributed by atoms with Gasteiger partial charge >= 0.3 is 6.09 Å². The number of amides is 1. The summed E-state index contributed by atoms with van der Waals surface area (Å²) in [4.78, 5) is 11.5. The van der Waals surface area contributed by atoms with Crippen molar-refractivity contribution in [1.82, 2.24) is 0 Å². The molecule has 0 aliphatic rings. The zero-order valence-electron chi connectivity index (χ0n) is 14.2. The molecule has 0 aliphatic carbocycles. The highest BCUT2D eigenvalue weighted by molar-refractivity contribution is 6.32. The Morgan fingerprint density at radius 3 is 2.58 bits per heavy atom. The van der Waals surface area contributed by atoms with E-state index in [2.05, 4.69) is 23.9 Å². The van der Waals surface area contributed by atoms with Crippen LogP contribution in [0.3, 0.4) is 0 Å². The standard InChI is InChI=1S/C19H22ClNO3/c1-4-13-9-10-18(16(20)11-13)24-12-15-14(5-2)7-6-8-17(15)21-19(22)23-3/h6-11H,4-5,12H2,1-3H3,(H,21,22). The molecule has 0 saturated carbocycles. The van der Waals surface area contributed by atoms with Gasteiger partial charge in [0.2, 0.25) is 0 Å². The average molecular weight is 348 g/mol. The fraction of sp³-hybridized carbons (Fsp3) is 0.316. The van der Waals surface area contributed by atoms with Crippen molar-refractivity contribution in [3.8, 4) is 5.75 Å². The summed E-state index contributed by atoms with van der Waals surface area (Å²) in [6, 6.07) is 11.5. The van der Waals surface area contributed by atoms with Crippen molar-refractivity contribution in [3.63, 3.8) is 0 Å². The van der Waals surface area contributed by atoms with Crippen molar-refractivity contribution in [2.24, 2.45) is 0 Å². The van der Waals surface area contributed by atoms with E-state index in [1.807, 2.05) is 36.4 Å². The Balaban J connectivity index is 2.23. The third-order valence-corrected chi connectivity index (χ3v) is 4.15. The quantitative estimate of drug-likeness (QED) is 0.779. The number of aryl methyl sites for hydroxylation is 2. The molecule has 0 spiro atoms. The molecule has 0 aliphatic heterocycles. The molecular weight excluding hydrogens is 326 g/mol. The summed E-state index contributed by atoms with van der Waals surface area (Å²) in [6.45, 7) is 4.45. The summed E-state index contributed by atoms with van der Waals surface area (Å²) in [7, 11) is 1.34. The molecule has 0 unspecified atom stereocenters. The Hall–Kier alpha value is -2.20. The van der Waals surface area contributed by atoms with Crippen molar-refractivity contribution in [1.29, 1.82) is 0 Å². The molecule has 0 fully saturated rings. The number of halogens is 1. The first-order valence-electron chi connectivity index (χ1n) is 7.96. The summed E-state index contributed by atoms with van der Waals surface area (Å²) < 4.78 is 10.6. The van der Waals surface area contributed by atoms with Gasteiger partial charge in [0, 0.05) is 5.56 Å². The van der Waals surface area contributed by atoms with Crippen molar-refractivity contribution in [2.75, 3.05) is 12.4 Å². The van der Waals surface area contributed by atoms with Crippen LogP contribution >= 0.6 is 11.6 Å². The number of rotatable bonds is 6. The van der Waals surface area contributed by atoms with Gasteiger partial charge in [0.1, 0.15) is 12.4 Å². The minimum atomic E-state index is -0.505. The van der Waals surface area contributed by atoms with Crippen LogP contribution in [0.25, 0.3) is 0 Å². The van der Waals surface area contributed by atoms with Gasteiger partial charge in [-0.15, -0.1) is 0 Å². The van der Waals surface area contributed by atoms with Crippen LogP contribution in [-0.4, -0.2) is 13.2 Å². The van der Waals surface area contributed by atoms with Gasteiger partial charge in [-0.05, 0) is 42.2 Å². The first kappa shape index (κ1) is 18.1. The maximum Gasteiger partial charge on any atom is 0.411 e. The molecular formula is C19H22ClNO3. The molecule has 0 heterocycles. The molecule has 2 aromatic carbocycles. The molecule has 5 heteroatoms. The summed E-state index contributed by atoms with van der Waals surface area (Å²) in [5.41, 5.74) is 3.86. The van der Waals surface area contributed by atoms with E-state index in [1.54, 1.807) is 0 Å². The van der Waals surface area contributed by atoms with Crippen LogP contribution in [0.2, 0.25) is 5.02 Å². The monoisotopic (exact) mass is 347 g/mol. The largest absolute Gasteiger partial charge is 0.487 e. The van der Waals surface area contributed by atoms with Crippen LogP contribution in [0.15, 0.2) is 36.4 Å². The molecule has 0 atom stereocenters. The lowest BCUT2D eigenvalue weighted by Gasteiger charge is -2.16. The zero-order valence-corrected chi connectivity index (χ0v) is 14.9. The Labute approximate surface area is 147 Å². The van der Waals surface area contributed by atoms with Crippen LogP contribution in [0.1, 0.15) is 30.5 Å². The van der Waals surface area contributed by atoms with Crippen LogP contribution in [0.5, 0.6) is 5.75 Å². The smallest absolute Gasteiger partial charge is 0.411 e. The van der Waals surface area contributed by atoms with Crippen molar-refractivity contribution >= 4 is 23.4 Å². The topological polar surface area (TPSA) is 47.6 Å². The van der Waals surface area contributed by atoms with Gasteiger partial charge in [0.15, 0.2) is 0 Å². The number of nitrogens with one attached hydrogen (secondary N) is 1. The lowest BCUT2D eigenvalue weighted by atomic mass is 10.0. The summed E-state index contributed by atoms with van der Waals surface area (Å²) in [6.07, 6.45) is 1.25. The fourth-order valence-corrected chi connectivity index (χ4v) is 2.70. The molecule has 24 heavy (non-hydrogen) atoms. The molecule has 128 valence electrons. The normalized spacial score (nSPS) is 10.3. The summed E-state index contributed by atoms with van der Waals surface area (Å²) in [5.74, 6) is 0.629. The molecule has 2 aromatic rings. The highest BCUT2D eigenvalue weighted by atomic mass is 35.5. The Kier molecular flexibility index (Phi) is 6.50. The highest BCUT2D eigenvalue weighted by Crippen LogP contribution is 2.28. The molecule has 1 N–H and O–H groups in total. The second kappa shape index (κ2) is 8.60. The lowest BCUT2D eigenvalue weighted by Crippen LogP contribution is -2.14. The predicted molar refractivity (Wildman–Crippen MR) is 97.0 cm³/mol. The lowest BCUT2D eigenvalue weighted by molar-refractivity contribution is 0.187. The van der Waals surface area contributed by atoms with Crippen LogP contribution in [-0.2, 0) is 24.2 Å². The van der Waals surface area contributed by atoms with Crippen molar-refractivity contribution in [3.05, 3.63) is 58.1 Å². The van der Waals surface area contributed by atoms with Gasteiger partial charge in [-0.3, -0.25) is 5.32 Å². The number of carbonyl (C=O) groups is 1. The molecule has 0 saturated heterocycles. The first-order chi connectivity index (χ1) is 11.6. The summed E-state index contributed by atoms with van der Waals surface area (Å²) in [5, 5.41) is 3.32. The van der Waals surface area contributed by atoms with E-state index in [0.29, 0.717) is 23.1 Å². The van der Waals surface area contributed by atoms with Crippen LogP contribution in [0, 0.1) is 0 Å². The molecule has 0 bridgehead atoms. The van der Waals surface area contributed by atoms with Gasteiger partial charge in [0.05, 0.1) is 17.8 Å². The highest BCUT2D eigenvalue weighted by Gasteiger charge is 2.12. The summed E-state index contributed by atoms with van der Waals surface area (Å²) >= 11 is 6.28. The minimum absolute atomic E-state index is 0.314. The van der Waals surface area contributed by atoms with Crippen molar-refractivity contribution < 1.29 is 14.3 Å². The van der Waals surface area contributed by atoms with E-state index < -0.39 is 6.09 Å². The van der Waals surface area contributed by atoms with E-state index in [4.69, 9.17) is 16.3 Å². The van der Waals surface area contributed by atoms with E-state index in [1.165, 1.54) is 7.11 Å². The number of ether oxygens (including phenoxy) is 2. The Morgan fingerprint density at radius 1 is 1.17 bits per heavy atom. The number of hydrogen-bond acceptors (Lipinski definition) is 3. The maximum atomic E-state index is 11.5. The zero-order chi connectivity index (χ0) is 17.5. The van der Waals surface area contributed by atoms with Crippen molar-refractivity contribution in [2.45, 2.75) is 33.3 Å². The van der Waals surface area contributed by atoms with Crippen LogP contribution < -0.4 is 10.1 Å². The third-order valence-electron chi connectivity index (χ3n) is 3.85. The van der Waals surface area contributed by atoms with Gasteiger partial charge in [-0.2, -0.15) is 0 Å². The van der Waals surface area contributed by atoms with Gasteiger partial charge in [-0.1, -0.05) is 43.6 Å². The molecule has 0 aromatic heterocycles. The number of methoxy groups -OCH3 is 1. The Morgan fingerprint density at radius 2 is 1.96 bits per heavy atom. The second-order valence-corrected chi connectivity index (χ2v) is 5.73. The van der Waals surface area contributed by atoms with E-state index in [0.717, 1.165) is 29.5 Å². The predicted octanol–water partition coefficient (Wildman–Crippen LogP) is 5.22. The molecule has 0 radical (unpaired) electrons. The maximum absolute atomic E-state index is 11.5. The molecule has 4 nitrogen and oxygen atoms in total. The minimum Gasteiger partial charge on any atom is -0.487 e. The second-order valence-electron chi connectivity index (χ2n) is 5.32. The SMILES string of the molecule is CCc1ccc(OCc2c(CC)cccc2NC(=O)OC)c(Cl)c1. The van der Waals surface area contributed by atoms with Gasteiger partial charge in [-0.25, -0.2) is 4.79 Å². The molecule has 1 amide bonds. The average Bonchev–Trinajstić information content (AvgIpc) is 2.60.